The van der Waals surface area contributed by atoms with Crippen molar-refractivity contribution < 1.29 is 9.47 Å². The molecule has 2 aromatic rings. The molecule has 1 N–H and O–H groups in total. The molecule has 1 aromatic heterocycles. The summed E-state index contributed by atoms with van der Waals surface area (Å²) in [4.78, 5) is 6.88. The van der Waals surface area contributed by atoms with Crippen LogP contribution in [0.5, 0.6) is 11.5 Å². The molecule has 78 valence electrons. The zero-order valence-electron chi connectivity index (χ0n) is 8.43. The van der Waals surface area contributed by atoms with Crippen molar-refractivity contribution in [2.75, 3.05) is 7.11 Å². The van der Waals surface area contributed by atoms with Gasteiger partial charge in [0.1, 0.15) is 18.1 Å². The normalized spacial score (nSPS) is 9.93. The maximum Gasteiger partial charge on any atom is 0.130 e. The first-order valence-electron chi connectivity index (χ1n) is 4.62. The maximum absolute atomic E-state index is 5.54. The van der Waals surface area contributed by atoms with Crippen LogP contribution in [-0.4, -0.2) is 17.1 Å². The van der Waals surface area contributed by atoms with Crippen molar-refractivity contribution in [3.63, 3.8) is 0 Å². The van der Waals surface area contributed by atoms with Crippen LogP contribution in [-0.2, 0) is 6.61 Å². The second kappa shape index (κ2) is 4.50. The summed E-state index contributed by atoms with van der Waals surface area (Å²) in [5, 5.41) is 0. The van der Waals surface area contributed by atoms with Crippen LogP contribution in [0.3, 0.4) is 0 Å². The van der Waals surface area contributed by atoms with E-state index in [0.29, 0.717) is 6.61 Å². The highest BCUT2D eigenvalue weighted by Gasteiger charge is 1.98. The Morgan fingerprint density at radius 2 is 2.20 bits per heavy atom. The van der Waals surface area contributed by atoms with Crippen LogP contribution >= 0.6 is 0 Å². The molecule has 0 amide bonds. The molecule has 0 bridgehead atoms. The van der Waals surface area contributed by atoms with Crippen LogP contribution in [0, 0.1) is 0 Å². The van der Waals surface area contributed by atoms with E-state index in [1.807, 2.05) is 24.3 Å². The van der Waals surface area contributed by atoms with Gasteiger partial charge < -0.3 is 14.5 Å². The van der Waals surface area contributed by atoms with Crippen molar-refractivity contribution in [3.8, 4) is 11.5 Å². The zero-order valence-corrected chi connectivity index (χ0v) is 8.43. The fourth-order valence-corrected chi connectivity index (χ4v) is 1.22. The van der Waals surface area contributed by atoms with E-state index in [4.69, 9.17) is 9.47 Å². The van der Waals surface area contributed by atoms with Gasteiger partial charge in [-0.3, -0.25) is 0 Å². The summed E-state index contributed by atoms with van der Waals surface area (Å²) in [5.41, 5.74) is 0.942. The van der Waals surface area contributed by atoms with Crippen LogP contribution in [0.1, 0.15) is 5.69 Å². The highest BCUT2D eigenvalue weighted by molar-refractivity contribution is 5.32. The van der Waals surface area contributed by atoms with Crippen molar-refractivity contribution in [2.45, 2.75) is 6.61 Å². The molecule has 0 saturated heterocycles. The average molecular weight is 204 g/mol. The molecule has 0 unspecified atom stereocenters. The molecule has 15 heavy (non-hydrogen) atoms. The Hall–Kier alpha value is -1.97. The van der Waals surface area contributed by atoms with Crippen LogP contribution in [0.15, 0.2) is 36.8 Å². The van der Waals surface area contributed by atoms with Crippen molar-refractivity contribution in [1.29, 1.82) is 0 Å². The van der Waals surface area contributed by atoms with Crippen LogP contribution in [0.2, 0.25) is 0 Å². The second-order valence-corrected chi connectivity index (χ2v) is 3.04. The number of methoxy groups -OCH3 is 1. The number of H-pyrrole nitrogens is 1. The van der Waals surface area contributed by atoms with Crippen LogP contribution in [0.25, 0.3) is 0 Å². The lowest BCUT2D eigenvalue weighted by atomic mass is 10.3. The molecular formula is C11H12N2O2. The Kier molecular flexibility index (Phi) is 2.88. The molecule has 0 aliphatic carbocycles. The number of rotatable bonds is 4. The third kappa shape index (κ3) is 2.49. The minimum absolute atomic E-state index is 0.479. The first-order valence-corrected chi connectivity index (χ1v) is 4.62. The molecule has 4 heteroatoms. The van der Waals surface area contributed by atoms with E-state index in [2.05, 4.69) is 9.97 Å². The van der Waals surface area contributed by atoms with Gasteiger partial charge in [0.2, 0.25) is 0 Å². The third-order valence-corrected chi connectivity index (χ3v) is 1.99. The Morgan fingerprint density at radius 1 is 1.33 bits per heavy atom. The SMILES string of the molecule is COc1cccc(OCc2cnc[nH]2)c1. The van der Waals surface area contributed by atoms with Crippen molar-refractivity contribution in [3.05, 3.63) is 42.5 Å². The number of nitrogens with one attached hydrogen (secondary N) is 1. The fraction of sp³-hybridized carbons (Fsp3) is 0.182. The molecular weight excluding hydrogens is 192 g/mol. The first kappa shape index (κ1) is 9.58. The lowest BCUT2D eigenvalue weighted by molar-refractivity contribution is 0.299. The van der Waals surface area contributed by atoms with Crippen molar-refractivity contribution >= 4 is 0 Å². The summed E-state index contributed by atoms with van der Waals surface area (Å²) in [6, 6.07) is 7.50. The molecule has 1 aromatic carbocycles. The summed E-state index contributed by atoms with van der Waals surface area (Å²) >= 11 is 0. The minimum atomic E-state index is 0.479. The largest absolute Gasteiger partial charge is 0.497 e. The van der Waals surface area contributed by atoms with Gasteiger partial charge in [0.25, 0.3) is 0 Å². The zero-order chi connectivity index (χ0) is 10.5. The van der Waals surface area contributed by atoms with Gasteiger partial charge in [-0.15, -0.1) is 0 Å². The van der Waals surface area contributed by atoms with Gasteiger partial charge >= 0.3 is 0 Å². The van der Waals surface area contributed by atoms with E-state index in [1.54, 1.807) is 19.6 Å². The number of hydrogen-bond acceptors (Lipinski definition) is 3. The number of benzene rings is 1. The topological polar surface area (TPSA) is 47.1 Å². The Bertz CT molecular complexity index is 412. The number of ether oxygens (including phenoxy) is 2. The number of imidazole rings is 1. The standard InChI is InChI=1S/C11H12N2O2/c1-14-10-3-2-4-11(5-10)15-7-9-6-12-8-13-9/h2-6,8H,7H2,1H3,(H,12,13). The number of aromatic nitrogens is 2. The smallest absolute Gasteiger partial charge is 0.130 e. The quantitative estimate of drug-likeness (QED) is 0.828. The van der Waals surface area contributed by atoms with E-state index >= 15 is 0 Å². The van der Waals surface area contributed by atoms with Gasteiger partial charge in [0.05, 0.1) is 25.3 Å². The van der Waals surface area contributed by atoms with Gasteiger partial charge in [0, 0.05) is 6.07 Å². The molecule has 0 atom stereocenters. The number of aromatic amines is 1. The van der Waals surface area contributed by atoms with Gasteiger partial charge in [-0.25, -0.2) is 4.98 Å². The molecule has 0 saturated carbocycles. The Labute approximate surface area is 87.9 Å². The van der Waals surface area contributed by atoms with Gasteiger partial charge in [-0.2, -0.15) is 0 Å². The maximum atomic E-state index is 5.54. The van der Waals surface area contributed by atoms with Crippen LogP contribution in [0.4, 0.5) is 0 Å². The van der Waals surface area contributed by atoms with E-state index < -0.39 is 0 Å². The third-order valence-electron chi connectivity index (χ3n) is 1.99. The predicted octanol–water partition coefficient (Wildman–Crippen LogP) is 2.00. The van der Waals surface area contributed by atoms with Gasteiger partial charge in [0.15, 0.2) is 0 Å². The van der Waals surface area contributed by atoms with Gasteiger partial charge in [-0.1, -0.05) is 6.07 Å². The highest BCUT2D eigenvalue weighted by Crippen LogP contribution is 2.19. The molecule has 0 aliphatic rings. The summed E-state index contributed by atoms with van der Waals surface area (Å²) < 4.78 is 10.6. The van der Waals surface area contributed by atoms with Crippen molar-refractivity contribution in [1.82, 2.24) is 9.97 Å². The first-order chi connectivity index (χ1) is 7.38. The van der Waals surface area contributed by atoms with Crippen LogP contribution < -0.4 is 9.47 Å². The summed E-state index contributed by atoms with van der Waals surface area (Å²) in [5.74, 6) is 1.57. The van der Waals surface area contributed by atoms with Gasteiger partial charge in [-0.05, 0) is 12.1 Å². The minimum Gasteiger partial charge on any atom is -0.497 e. The predicted molar refractivity (Wildman–Crippen MR) is 55.9 cm³/mol. The van der Waals surface area contributed by atoms with E-state index in [1.165, 1.54) is 0 Å². The Balaban J connectivity index is 1.98. The molecule has 4 nitrogen and oxygen atoms in total. The lowest BCUT2D eigenvalue weighted by Crippen LogP contribution is -1.95. The summed E-state index contributed by atoms with van der Waals surface area (Å²) in [6.45, 7) is 0.479. The second-order valence-electron chi connectivity index (χ2n) is 3.04. The summed E-state index contributed by atoms with van der Waals surface area (Å²) in [6.07, 6.45) is 3.37. The fourth-order valence-electron chi connectivity index (χ4n) is 1.22. The Morgan fingerprint density at radius 3 is 2.93 bits per heavy atom. The molecule has 0 spiro atoms. The van der Waals surface area contributed by atoms with E-state index in [9.17, 15) is 0 Å². The monoisotopic (exact) mass is 204 g/mol. The molecule has 1 heterocycles. The van der Waals surface area contributed by atoms with E-state index in [-0.39, 0.29) is 0 Å². The molecule has 0 fully saturated rings. The number of hydrogen-bond donors (Lipinski definition) is 1. The molecule has 0 aliphatic heterocycles. The number of nitrogens with zero attached hydrogens (tertiary/aromatic N) is 1. The van der Waals surface area contributed by atoms with Crippen molar-refractivity contribution in [2.24, 2.45) is 0 Å². The lowest BCUT2D eigenvalue weighted by Gasteiger charge is -2.05. The molecule has 0 radical (unpaired) electrons. The molecule has 2 rings (SSSR count). The summed E-state index contributed by atoms with van der Waals surface area (Å²) in [7, 11) is 1.63. The average Bonchev–Trinajstić information content (AvgIpc) is 2.79. The van der Waals surface area contributed by atoms with E-state index in [0.717, 1.165) is 17.2 Å². The highest BCUT2D eigenvalue weighted by atomic mass is 16.5.